The summed E-state index contributed by atoms with van der Waals surface area (Å²) in [6.07, 6.45) is 1.84. The molecule has 0 radical (unpaired) electrons. The first kappa shape index (κ1) is 15.2. The normalized spacial score (nSPS) is 12.4. The van der Waals surface area contributed by atoms with Crippen LogP contribution in [0.25, 0.3) is 0 Å². The van der Waals surface area contributed by atoms with Gasteiger partial charge in [0.15, 0.2) is 0 Å². The van der Waals surface area contributed by atoms with E-state index in [1.807, 2.05) is 19.2 Å². The minimum Gasteiger partial charge on any atom is -0.316 e. The third-order valence-electron chi connectivity index (χ3n) is 3.48. The van der Waals surface area contributed by atoms with Crippen molar-refractivity contribution in [2.75, 3.05) is 7.05 Å². The summed E-state index contributed by atoms with van der Waals surface area (Å²) < 4.78 is 13.8. The van der Waals surface area contributed by atoms with Crippen molar-refractivity contribution in [1.82, 2.24) is 5.32 Å². The topological polar surface area (TPSA) is 12.0 Å². The van der Waals surface area contributed by atoms with Crippen LogP contribution in [0.5, 0.6) is 0 Å². The standard InChI is InChI=1S/C17H19BrFN/c1-12-3-5-13(6-4-12)9-15(20-2)10-14-7-8-17(19)16(18)11-14/h3-8,11,15,20H,9-10H2,1-2H3. The molecule has 1 atom stereocenters. The summed E-state index contributed by atoms with van der Waals surface area (Å²) in [5.41, 5.74) is 3.72. The van der Waals surface area contributed by atoms with Crippen LogP contribution in [0.1, 0.15) is 16.7 Å². The van der Waals surface area contributed by atoms with Gasteiger partial charge in [-0.1, -0.05) is 35.9 Å². The molecule has 0 saturated carbocycles. The molecule has 2 aromatic carbocycles. The van der Waals surface area contributed by atoms with Gasteiger partial charge >= 0.3 is 0 Å². The summed E-state index contributed by atoms with van der Waals surface area (Å²) in [5, 5.41) is 3.34. The van der Waals surface area contributed by atoms with Crippen molar-refractivity contribution in [3.63, 3.8) is 0 Å². The van der Waals surface area contributed by atoms with E-state index in [9.17, 15) is 4.39 Å². The number of nitrogens with one attached hydrogen (secondary N) is 1. The van der Waals surface area contributed by atoms with Crippen LogP contribution in [0.3, 0.4) is 0 Å². The molecule has 0 aliphatic heterocycles. The minimum absolute atomic E-state index is 0.215. The van der Waals surface area contributed by atoms with Crippen LogP contribution in [0.15, 0.2) is 46.9 Å². The molecule has 20 heavy (non-hydrogen) atoms. The molecule has 106 valence electrons. The van der Waals surface area contributed by atoms with Crippen LogP contribution >= 0.6 is 15.9 Å². The van der Waals surface area contributed by atoms with Gasteiger partial charge in [-0.3, -0.25) is 0 Å². The van der Waals surface area contributed by atoms with Crippen molar-refractivity contribution in [2.24, 2.45) is 0 Å². The smallest absolute Gasteiger partial charge is 0.137 e. The molecule has 0 fully saturated rings. The third kappa shape index (κ3) is 4.15. The SMILES string of the molecule is CNC(Cc1ccc(C)cc1)Cc1ccc(F)c(Br)c1. The van der Waals surface area contributed by atoms with Crippen molar-refractivity contribution < 1.29 is 4.39 Å². The van der Waals surface area contributed by atoms with Gasteiger partial charge in [0.1, 0.15) is 5.82 Å². The Kier molecular flexibility index (Phi) is 5.32. The molecular formula is C17H19BrFN. The molecule has 0 aliphatic rings. The molecule has 0 heterocycles. The molecule has 1 N–H and O–H groups in total. The van der Waals surface area contributed by atoms with E-state index in [1.165, 1.54) is 17.2 Å². The largest absolute Gasteiger partial charge is 0.316 e. The minimum atomic E-state index is -0.215. The van der Waals surface area contributed by atoms with Crippen molar-refractivity contribution in [1.29, 1.82) is 0 Å². The lowest BCUT2D eigenvalue weighted by Gasteiger charge is -2.17. The number of hydrogen-bond acceptors (Lipinski definition) is 1. The van der Waals surface area contributed by atoms with Crippen LogP contribution in [-0.2, 0) is 12.8 Å². The van der Waals surface area contributed by atoms with Crippen LogP contribution in [0, 0.1) is 12.7 Å². The van der Waals surface area contributed by atoms with Gasteiger partial charge in [-0.15, -0.1) is 0 Å². The lowest BCUT2D eigenvalue weighted by Crippen LogP contribution is -2.29. The van der Waals surface area contributed by atoms with Gasteiger partial charge < -0.3 is 5.32 Å². The zero-order chi connectivity index (χ0) is 14.5. The van der Waals surface area contributed by atoms with Gasteiger partial charge in [-0.25, -0.2) is 4.39 Å². The third-order valence-corrected chi connectivity index (χ3v) is 4.08. The van der Waals surface area contributed by atoms with E-state index in [2.05, 4.69) is 52.4 Å². The van der Waals surface area contributed by atoms with Crippen molar-refractivity contribution in [2.45, 2.75) is 25.8 Å². The second kappa shape index (κ2) is 7.00. The quantitative estimate of drug-likeness (QED) is 0.860. The summed E-state index contributed by atoms with van der Waals surface area (Å²) in [6.45, 7) is 2.09. The fraction of sp³-hybridized carbons (Fsp3) is 0.294. The highest BCUT2D eigenvalue weighted by molar-refractivity contribution is 9.10. The molecule has 2 aromatic rings. The molecule has 0 amide bonds. The maximum absolute atomic E-state index is 13.2. The molecule has 0 aliphatic carbocycles. The predicted octanol–water partition coefficient (Wildman–Crippen LogP) is 4.27. The first-order chi connectivity index (χ1) is 9.58. The zero-order valence-electron chi connectivity index (χ0n) is 11.8. The van der Waals surface area contributed by atoms with Crippen molar-refractivity contribution in [3.8, 4) is 0 Å². The Balaban J connectivity index is 2.04. The highest BCUT2D eigenvalue weighted by Crippen LogP contribution is 2.18. The van der Waals surface area contributed by atoms with E-state index in [-0.39, 0.29) is 5.82 Å². The molecule has 0 bridgehead atoms. The number of hydrogen-bond donors (Lipinski definition) is 1. The summed E-state index contributed by atoms with van der Waals surface area (Å²) in [5.74, 6) is -0.215. The fourth-order valence-corrected chi connectivity index (χ4v) is 2.66. The number of benzene rings is 2. The van der Waals surface area contributed by atoms with Crippen LogP contribution in [-0.4, -0.2) is 13.1 Å². The average Bonchev–Trinajstić information content (AvgIpc) is 2.44. The second-order valence-electron chi connectivity index (χ2n) is 5.13. The molecular weight excluding hydrogens is 317 g/mol. The van der Waals surface area contributed by atoms with Gasteiger partial charge in [0.2, 0.25) is 0 Å². The predicted molar refractivity (Wildman–Crippen MR) is 85.5 cm³/mol. The van der Waals surface area contributed by atoms with Crippen LogP contribution < -0.4 is 5.32 Å². The molecule has 2 rings (SSSR count). The Morgan fingerprint density at radius 2 is 1.65 bits per heavy atom. The number of likely N-dealkylation sites (N-methyl/N-ethyl adjacent to an activating group) is 1. The maximum atomic E-state index is 13.2. The average molecular weight is 336 g/mol. The Morgan fingerprint density at radius 1 is 1.05 bits per heavy atom. The number of rotatable bonds is 5. The zero-order valence-corrected chi connectivity index (χ0v) is 13.4. The number of halogens is 2. The molecule has 0 aromatic heterocycles. The van der Waals surface area contributed by atoms with Crippen molar-refractivity contribution in [3.05, 3.63) is 69.4 Å². The summed E-state index contributed by atoms with van der Waals surface area (Å²) in [7, 11) is 1.97. The highest BCUT2D eigenvalue weighted by Gasteiger charge is 2.10. The van der Waals surface area contributed by atoms with Crippen LogP contribution in [0.2, 0.25) is 0 Å². The van der Waals surface area contributed by atoms with Gasteiger partial charge in [0, 0.05) is 6.04 Å². The highest BCUT2D eigenvalue weighted by atomic mass is 79.9. The van der Waals surface area contributed by atoms with Crippen LogP contribution in [0.4, 0.5) is 4.39 Å². The van der Waals surface area contributed by atoms with E-state index < -0.39 is 0 Å². The van der Waals surface area contributed by atoms with Gasteiger partial charge in [-0.05, 0) is 66.0 Å². The lowest BCUT2D eigenvalue weighted by atomic mass is 9.98. The van der Waals surface area contributed by atoms with E-state index in [1.54, 1.807) is 0 Å². The summed E-state index contributed by atoms with van der Waals surface area (Å²) in [4.78, 5) is 0. The van der Waals surface area contributed by atoms with E-state index in [0.29, 0.717) is 10.5 Å². The van der Waals surface area contributed by atoms with E-state index in [4.69, 9.17) is 0 Å². The number of aryl methyl sites for hydroxylation is 1. The van der Waals surface area contributed by atoms with E-state index in [0.717, 1.165) is 18.4 Å². The fourth-order valence-electron chi connectivity index (χ4n) is 2.24. The summed E-state index contributed by atoms with van der Waals surface area (Å²) >= 11 is 3.24. The molecule has 1 unspecified atom stereocenters. The van der Waals surface area contributed by atoms with E-state index >= 15 is 0 Å². The Labute approximate surface area is 128 Å². The first-order valence-electron chi connectivity index (χ1n) is 6.75. The molecule has 1 nitrogen and oxygen atoms in total. The first-order valence-corrected chi connectivity index (χ1v) is 7.54. The second-order valence-corrected chi connectivity index (χ2v) is 5.98. The molecule has 3 heteroatoms. The Hall–Kier alpha value is -1.19. The molecule has 0 spiro atoms. The lowest BCUT2D eigenvalue weighted by molar-refractivity contribution is 0.554. The van der Waals surface area contributed by atoms with Gasteiger partial charge in [0.05, 0.1) is 4.47 Å². The van der Waals surface area contributed by atoms with Crippen molar-refractivity contribution >= 4 is 15.9 Å². The molecule has 0 saturated heterocycles. The monoisotopic (exact) mass is 335 g/mol. The maximum Gasteiger partial charge on any atom is 0.137 e. The van der Waals surface area contributed by atoms with Gasteiger partial charge in [0.25, 0.3) is 0 Å². The Bertz CT molecular complexity index is 566. The summed E-state index contributed by atoms with van der Waals surface area (Å²) in [6, 6.07) is 14.2. The Morgan fingerprint density at radius 3 is 2.25 bits per heavy atom. The van der Waals surface area contributed by atoms with Gasteiger partial charge in [-0.2, -0.15) is 0 Å².